The number of rotatable bonds is 4. The monoisotopic (exact) mass is 259 g/mol. The van der Waals surface area contributed by atoms with E-state index in [-0.39, 0.29) is 17.2 Å². The Labute approximate surface area is 110 Å². The summed E-state index contributed by atoms with van der Waals surface area (Å²) in [7, 11) is 0. The Morgan fingerprint density at radius 2 is 2.00 bits per heavy atom. The molecule has 0 fully saturated rings. The van der Waals surface area contributed by atoms with Crippen LogP contribution in [0.2, 0.25) is 0 Å². The number of hydrogen-bond donors (Lipinski definition) is 1. The molecule has 5 heteroatoms. The number of esters is 1. The van der Waals surface area contributed by atoms with Gasteiger partial charge in [0.1, 0.15) is 6.07 Å². The van der Waals surface area contributed by atoms with Crippen molar-refractivity contribution in [3.8, 4) is 6.07 Å². The van der Waals surface area contributed by atoms with Gasteiger partial charge in [-0.2, -0.15) is 5.26 Å². The van der Waals surface area contributed by atoms with Crippen LogP contribution in [0.4, 0.5) is 0 Å². The topological polar surface area (TPSA) is 87.4 Å². The van der Waals surface area contributed by atoms with Crippen molar-refractivity contribution in [2.75, 3.05) is 0 Å². The van der Waals surface area contributed by atoms with E-state index >= 15 is 0 Å². The predicted octanol–water partition coefficient (Wildman–Crippen LogP) is 2.24. The summed E-state index contributed by atoms with van der Waals surface area (Å²) in [6.07, 6.45) is 0.773. The summed E-state index contributed by atoms with van der Waals surface area (Å²) in [6.45, 7) is 3.39. The van der Waals surface area contributed by atoms with Crippen LogP contribution in [0.25, 0.3) is 5.57 Å². The third-order valence-corrected chi connectivity index (χ3v) is 2.16. The molecule has 98 valence electrons. The second-order valence-corrected chi connectivity index (χ2v) is 4.04. The zero-order valence-corrected chi connectivity index (χ0v) is 10.6. The lowest BCUT2D eigenvalue weighted by Gasteiger charge is -2.05. The molecule has 0 saturated carbocycles. The van der Waals surface area contributed by atoms with Crippen LogP contribution >= 0.6 is 0 Å². The molecule has 0 amide bonds. The van der Waals surface area contributed by atoms with E-state index in [1.54, 1.807) is 19.9 Å². The number of nitrogens with zero attached hydrogens (tertiary/aromatic N) is 1. The summed E-state index contributed by atoms with van der Waals surface area (Å²) in [5.74, 6) is -1.73. The predicted molar refractivity (Wildman–Crippen MR) is 68.2 cm³/mol. The van der Waals surface area contributed by atoms with E-state index in [9.17, 15) is 9.59 Å². The molecule has 0 atom stereocenters. The Balaban J connectivity index is 3.07. The highest BCUT2D eigenvalue weighted by Gasteiger charge is 2.09. The van der Waals surface area contributed by atoms with Gasteiger partial charge in [-0.3, -0.25) is 0 Å². The minimum Gasteiger partial charge on any atom is -0.478 e. The zero-order chi connectivity index (χ0) is 14.4. The smallest absolute Gasteiger partial charge is 0.335 e. The van der Waals surface area contributed by atoms with Gasteiger partial charge in [-0.25, -0.2) is 9.59 Å². The molecule has 0 aliphatic carbocycles. The van der Waals surface area contributed by atoms with Crippen molar-refractivity contribution in [3.63, 3.8) is 0 Å². The Bertz CT molecular complexity index is 567. The lowest BCUT2D eigenvalue weighted by molar-refractivity contribution is -0.141. The van der Waals surface area contributed by atoms with Gasteiger partial charge >= 0.3 is 11.9 Å². The van der Waals surface area contributed by atoms with Crippen molar-refractivity contribution >= 4 is 17.5 Å². The van der Waals surface area contributed by atoms with Gasteiger partial charge in [0.05, 0.1) is 17.2 Å². The first-order valence-electron chi connectivity index (χ1n) is 5.60. The molecular weight excluding hydrogens is 246 g/mol. The van der Waals surface area contributed by atoms with Crippen LogP contribution in [0, 0.1) is 11.3 Å². The fraction of sp³-hybridized carbons (Fsp3) is 0.214. The maximum absolute atomic E-state index is 11.4. The second kappa shape index (κ2) is 6.36. The van der Waals surface area contributed by atoms with Crippen molar-refractivity contribution in [3.05, 3.63) is 41.5 Å². The molecule has 5 nitrogen and oxygen atoms in total. The zero-order valence-electron chi connectivity index (χ0n) is 10.6. The highest BCUT2D eigenvalue weighted by Crippen LogP contribution is 2.16. The molecule has 1 aromatic rings. The Kier molecular flexibility index (Phi) is 4.84. The van der Waals surface area contributed by atoms with Crippen LogP contribution in [0.1, 0.15) is 29.8 Å². The molecule has 1 N–H and O–H groups in total. The van der Waals surface area contributed by atoms with Crippen LogP contribution in [0.3, 0.4) is 0 Å². The van der Waals surface area contributed by atoms with E-state index in [1.165, 1.54) is 18.2 Å². The van der Waals surface area contributed by atoms with Gasteiger partial charge in [0.2, 0.25) is 0 Å². The molecule has 0 aliphatic heterocycles. The molecule has 0 saturated heterocycles. The van der Waals surface area contributed by atoms with Crippen LogP contribution in [0.5, 0.6) is 0 Å². The Morgan fingerprint density at radius 1 is 1.37 bits per heavy atom. The SMILES string of the molecule is CC(C)OC(=O)C=C(C#N)c1cccc(C(=O)O)c1. The van der Waals surface area contributed by atoms with Gasteiger partial charge in [0.15, 0.2) is 0 Å². The third-order valence-electron chi connectivity index (χ3n) is 2.16. The van der Waals surface area contributed by atoms with Gasteiger partial charge < -0.3 is 9.84 Å². The van der Waals surface area contributed by atoms with E-state index < -0.39 is 11.9 Å². The Hall–Kier alpha value is -2.61. The maximum Gasteiger partial charge on any atom is 0.335 e. The molecule has 0 unspecified atom stereocenters. The van der Waals surface area contributed by atoms with Crippen molar-refractivity contribution < 1.29 is 19.4 Å². The maximum atomic E-state index is 11.4. The Morgan fingerprint density at radius 3 is 2.53 bits per heavy atom. The minimum atomic E-state index is -1.09. The number of ether oxygens (including phenoxy) is 1. The lowest BCUT2D eigenvalue weighted by Crippen LogP contribution is -2.09. The average molecular weight is 259 g/mol. The molecule has 0 spiro atoms. The quantitative estimate of drug-likeness (QED) is 0.509. The molecule has 0 bridgehead atoms. The molecule has 0 heterocycles. The van der Waals surface area contributed by atoms with Crippen molar-refractivity contribution in [2.24, 2.45) is 0 Å². The summed E-state index contributed by atoms with van der Waals surface area (Å²) >= 11 is 0. The van der Waals surface area contributed by atoms with Crippen molar-refractivity contribution in [1.82, 2.24) is 0 Å². The van der Waals surface area contributed by atoms with Crippen LogP contribution in [0.15, 0.2) is 30.3 Å². The molecule has 0 aliphatic rings. The van der Waals surface area contributed by atoms with Gasteiger partial charge in [0, 0.05) is 6.08 Å². The number of carbonyl (C=O) groups excluding carboxylic acids is 1. The number of aromatic carboxylic acids is 1. The van der Waals surface area contributed by atoms with E-state index in [4.69, 9.17) is 15.1 Å². The number of carboxylic acid groups (broad SMARTS) is 1. The average Bonchev–Trinajstić information content (AvgIpc) is 2.35. The van der Waals surface area contributed by atoms with E-state index in [0.717, 1.165) is 6.08 Å². The number of allylic oxidation sites excluding steroid dienone is 1. The first-order valence-corrected chi connectivity index (χ1v) is 5.60. The number of carbonyl (C=O) groups is 2. The summed E-state index contributed by atoms with van der Waals surface area (Å²) in [5.41, 5.74) is 0.479. The molecular formula is C14H13NO4. The molecule has 19 heavy (non-hydrogen) atoms. The summed E-state index contributed by atoms with van der Waals surface area (Å²) in [5, 5.41) is 17.9. The summed E-state index contributed by atoms with van der Waals surface area (Å²) in [6, 6.07) is 7.67. The van der Waals surface area contributed by atoms with E-state index in [0.29, 0.717) is 5.56 Å². The number of nitriles is 1. The van der Waals surface area contributed by atoms with E-state index in [2.05, 4.69) is 0 Å². The fourth-order valence-electron chi connectivity index (χ4n) is 1.38. The third kappa shape index (κ3) is 4.28. The largest absolute Gasteiger partial charge is 0.478 e. The minimum absolute atomic E-state index is 0.0517. The first-order chi connectivity index (χ1) is 8.93. The van der Waals surface area contributed by atoms with Crippen LogP contribution < -0.4 is 0 Å². The number of hydrogen-bond acceptors (Lipinski definition) is 4. The molecule has 1 aromatic carbocycles. The summed E-state index contributed by atoms with van der Waals surface area (Å²) < 4.78 is 4.90. The van der Waals surface area contributed by atoms with Gasteiger partial charge in [-0.1, -0.05) is 12.1 Å². The summed E-state index contributed by atoms with van der Waals surface area (Å²) in [4.78, 5) is 22.3. The van der Waals surface area contributed by atoms with Crippen LogP contribution in [-0.4, -0.2) is 23.1 Å². The fourth-order valence-corrected chi connectivity index (χ4v) is 1.38. The van der Waals surface area contributed by atoms with Crippen LogP contribution in [-0.2, 0) is 9.53 Å². The highest BCUT2D eigenvalue weighted by molar-refractivity contribution is 5.96. The van der Waals surface area contributed by atoms with Gasteiger partial charge in [-0.05, 0) is 31.5 Å². The lowest BCUT2D eigenvalue weighted by atomic mass is 10.0. The molecule has 0 radical (unpaired) electrons. The number of carboxylic acids is 1. The van der Waals surface area contributed by atoms with Crippen molar-refractivity contribution in [1.29, 1.82) is 5.26 Å². The highest BCUT2D eigenvalue weighted by atomic mass is 16.5. The molecule has 0 aromatic heterocycles. The first kappa shape index (κ1) is 14.5. The normalized spacial score (nSPS) is 10.9. The molecule has 1 rings (SSSR count). The van der Waals surface area contributed by atoms with E-state index in [1.807, 2.05) is 6.07 Å². The number of benzene rings is 1. The second-order valence-electron chi connectivity index (χ2n) is 4.04. The van der Waals surface area contributed by atoms with Gasteiger partial charge in [-0.15, -0.1) is 0 Å². The van der Waals surface area contributed by atoms with Gasteiger partial charge in [0.25, 0.3) is 0 Å². The standard InChI is InChI=1S/C14H13NO4/c1-9(2)19-13(16)7-12(8-15)10-4-3-5-11(6-10)14(17)18/h3-7,9H,1-2H3,(H,17,18). The van der Waals surface area contributed by atoms with Crippen molar-refractivity contribution in [2.45, 2.75) is 20.0 Å².